The fourth-order valence-electron chi connectivity index (χ4n) is 4.27. The minimum absolute atomic E-state index is 0. The first-order valence-corrected chi connectivity index (χ1v) is 9.79. The van der Waals surface area contributed by atoms with Crippen molar-refractivity contribution in [2.75, 3.05) is 44.1 Å². The van der Waals surface area contributed by atoms with Gasteiger partial charge in [-0.3, -0.25) is 19.4 Å². The van der Waals surface area contributed by atoms with Gasteiger partial charge in [-0.25, -0.2) is 9.97 Å². The van der Waals surface area contributed by atoms with Crippen LogP contribution in [-0.4, -0.2) is 70.8 Å². The van der Waals surface area contributed by atoms with Crippen LogP contribution in [0.3, 0.4) is 0 Å². The molecule has 0 aromatic carbocycles. The summed E-state index contributed by atoms with van der Waals surface area (Å²) < 4.78 is 68.0. The first kappa shape index (κ1) is 13.3. The van der Waals surface area contributed by atoms with Gasteiger partial charge < -0.3 is 4.90 Å². The maximum atomic E-state index is 13.0. The molecule has 1 aromatic heterocycles. The standard InChI is InChI=1S/C21H31N5O2.CH4/c27-18-16-21(6-1-2-7-21)17-19(28)26(18)11-4-3-10-24-12-14-25(15-13-24)20-22-8-5-9-23-20;/h5,8-9H,1-4,6-7,10-17H2;1H4/i3D2,4D2,10D2,11D2;. The first-order valence-electron chi connectivity index (χ1n) is 13.8. The van der Waals surface area contributed by atoms with Gasteiger partial charge in [0, 0.05) is 68.9 Å². The lowest BCUT2D eigenvalue weighted by atomic mass is 9.76. The maximum absolute atomic E-state index is 13.0. The number of piperazine rings is 1. The Morgan fingerprint density at radius 1 is 0.931 bits per heavy atom. The van der Waals surface area contributed by atoms with E-state index in [9.17, 15) is 9.59 Å². The molecule has 2 aliphatic heterocycles. The third-order valence-corrected chi connectivity index (χ3v) is 5.77. The molecule has 3 heterocycles. The van der Waals surface area contributed by atoms with Crippen LogP contribution in [0.4, 0.5) is 5.95 Å². The van der Waals surface area contributed by atoms with Crippen molar-refractivity contribution < 1.29 is 20.6 Å². The Morgan fingerprint density at radius 2 is 1.52 bits per heavy atom. The molecular formula is C22H35N5O2. The maximum Gasteiger partial charge on any atom is 0.229 e. The number of rotatable bonds is 6. The van der Waals surface area contributed by atoms with Crippen LogP contribution in [-0.2, 0) is 9.59 Å². The summed E-state index contributed by atoms with van der Waals surface area (Å²) in [5.41, 5.74) is -0.538. The fraction of sp³-hybridized carbons (Fsp3) is 0.727. The summed E-state index contributed by atoms with van der Waals surface area (Å²) >= 11 is 0. The molecule has 160 valence electrons. The monoisotopic (exact) mass is 409 g/mol. The molecule has 0 bridgehead atoms. The topological polar surface area (TPSA) is 69.6 Å². The van der Waals surface area contributed by atoms with Crippen molar-refractivity contribution in [3.63, 3.8) is 0 Å². The molecule has 4 rings (SSSR count). The Kier molecular flexibility index (Phi) is 4.43. The zero-order chi connectivity index (χ0) is 26.6. The molecule has 7 nitrogen and oxygen atoms in total. The molecule has 1 spiro atoms. The summed E-state index contributed by atoms with van der Waals surface area (Å²) in [6.45, 7) is -5.84. The average molecular weight is 410 g/mol. The summed E-state index contributed by atoms with van der Waals surface area (Å²) in [5, 5.41) is 0. The molecule has 7 heteroatoms. The van der Waals surface area contributed by atoms with Crippen molar-refractivity contribution in [1.29, 1.82) is 0 Å². The Balaban J connectivity index is 0.00000380. The predicted molar refractivity (Wildman–Crippen MR) is 114 cm³/mol. The Morgan fingerprint density at radius 3 is 2.14 bits per heavy atom. The van der Waals surface area contributed by atoms with Gasteiger partial charge in [0.05, 0.1) is 0 Å². The lowest BCUT2D eigenvalue weighted by Gasteiger charge is -2.37. The van der Waals surface area contributed by atoms with Crippen molar-refractivity contribution in [3.05, 3.63) is 18.5 Å². The lowest BCUT2D eigenvalue weighted by Crippen LogP contribution is -2.48. The molecule has 0 N–H and O–H groups in total. The number of piperidine rings is 1. The van der Waals surface area contributed by atoms with Crippen molar-refractivity contribution in [2.24, 2.45) is 5.41 Å². The second-order valence-electron chi connectivity index (χ2n) is 7.68. The first-order chi connectivity index (χ1) is 16.7. The highest BCUT2D eigenvalue weighted by atomic mass is 16.2. The Labute approximate surface area is 185 Å². The molecular weight excluding hydrogens is 366 g/mol. The third-order valence-electron chi connectivity index (χ3n) is 5.77. The van der Waals surface area contributed by atoms with E-state index in [0.29, 0.717) is 18.8 Å². The van der Waals surface area contributed by atoms with E-state index in [1.807, 2.05) is 0 Å². The number of anilines is 1. The molecule has 0 unspecified atom stereocenters. The van der Waals surface area contributed by atoms with Crippen LogP contribution in [0.25, 0.3) is 0 Å². The van der Waals surface area contributed by atoms with Crippen LogP contribution >= 0.6 is 0 Å². The zero-order valence-electron chi connectivity index (χ0n) is 23.9. The van der Waals surface area contributed by atoms with Crippen LogP contribution in [0.5, 0.6) is 0 Å². The normalized spacial score (nSPS) is 28.3. The van der Waals surface area contributed by atoms with E-state index in [4.69, 9.17) is 11.0 Å². The second kappa shape index (κ2) is 9.65. The largest absolute Gasteiger partial charge is 0.338 e. The highest BCUT2D eigenvalue weighted by molar-refractivity contribution is 5.98. The van der Waals surface area contributed by atoms with Crippen LogP contribution in [0.2, 0.25) is 0 Å². The van der Waals surface area contributed by atoms with Gasteiger partial charge in [-0.2, -0.15) is 0 Å². The van der Waals surface area contributed by atoms with Gasteiger partial charge in [0.25, 0.3) is 0 Å². The number of nitrogens with zero attached hydrogens (tertiary/aromatic N) is 5. The SMILES string of the molecule is C.[2H]C([2H])(N1CCN(c2ncccn2)CC1)C([2H])([2H])C([2H])([2H])C([2H])([2H])N1C(=O)CC2(CCCC2)CC1=O. The van der Waals surface area contributed by atoms with Crippen LogP contribution in [0.1, 0.15) is 69.7 Å². The van der Waals surface area contributed by atoms with Crippen molar-refractivity contribution in [1.82, 2.24) is 19.8 Å². The van der Waals surface area contributed by atoms with E-state index < -0.39 is 43.0 Å². The van der Waals surface area contributed by atoms with Crippen LogP contribution in [0.15, 0.2) is 18.5 Å². The van der Waals surface area contributed by atoms with Gasteiger partial charge in [0.2, 0.25) is 17.8 Å². The Hall–Kier alpha value is -2.02. The predicted octanol–water partition coefficient (Wildman–Crippen LogP) is 2.72. The molecule has 0 atom stereocenters. The van der Waals surface area contributed by atoms with E-state index in [2.05, 4.69) is 9.97 Å². The van der Waals surface area contributed by atoms with Gasteiger partial charge in [-0.15, -0.1) is 0 Å². The van der Waals surface area contributed by atoms with Gasteiger partial charge >= 0.3 is 0 Å². The van der Waals surface area contributed by atoms with E-state index in [1.165, 1.54) is 0 Å². The summed E-state index contributed by atoms with van der Waals surface area (Å²) in [4.78, 5) is 37.3. The number of imide groups is 1. The van der Waals surface area contributed by atoms with E-state index >= 15 is 0 Å². The number of carbonyl (C=O) groups is 2. The molecule has 1 saturated carbocycles. The molecule has 1 aromatic rings. The summed E-state index contributed by atoms with van der Waals surface area (Å²) in [5.74, 6) is -1.32. The second-order valence-corrected chi connectivity index (χ2v) is 7.68. The molecule has 2 amide bonds. The highest BCUT2D eigenvalue weighted by Gasteiger charge is 2.44. The minimum Gasteiger partial charge on any atom is -0.338 e. The van der Waals surface area contributed by atoms with Gasteiger partial charge in [0.1, 0.15) is 0 Å². The summed E-state index contributed by atoms with van der Waals surface area (Å²) in [7, 11) is 0. The molecule has 29 heavy (non-hydrogen) atoms. The summed E-state index contributed by atoms with van der Waals surface area (Å²) in [6, 6.07) is 1.66. The molecule has 3 aliphatic rings. The van der Waals surface area contributed by atoms with E-state index in [0.717, 1.165) is 17.7 Å². The molecule has 0 radical (unpaired) electrons. The highest BCUT2D eigenvalue weighted by Crippen LogP contribution is 2.46. The number of hydrogen-bond acceptors (Lipinski definition) is 6. The van der Waals surface area contributed by atoms with Crippen LogP contribution in [0, 0.1) is 5.41 Å². The third kappa shape index (κ3) is 5.13. The fourth-order valence-corrected chi connectivity index (χ4v) is 4.27. The molecule has 3 fully saturated rings. The average Bonchev–Trinajstić information content (AvgIpc) is 3.25. The minimum atomic E-state index is -3.56. The number of amides is 2. The van der Waals surface area contributed by atoms with Gasteiger partial charge in [-0.05, 0) is 43.6 Å². The smallest absolute Gasteiger partial charge is 0.229 e. The van der Waals surface area contributed by atoms with Crippen molar-refractivity contribution >= 4 is 17.8 Å². The van der Waals surface area contributed by atoms with E-state index in [1.54, 1.807) is 23.4 Å². The van der Waals surface area contributed by atoms with Crippen molar-refractivity contribution in [2.45, 2.75) is 58.7 Å². The van der Waals surface area contributed by atoms with Gasteiger partial charge in [0.15, 0.2) is 0 Å². The molecule has 1 aliphatic carbocycles. The van der Waals surface area contributed by atoms with Gasteiger partial charge in [-0.1, -0.05) is 20.3 Å². The number of aromatic nitrogens is 2. The van der Waals surface area contributed by atoms with Crippen LogP contribution < -0.4 is 4.90 Å². The lowest BCUT2D eigenvalue weighted by molar-refractivity contribution is -0.153. The number of hydrogen-bond donors (Lipinski definition) is 0. The quantitative estimate of drug-likeness (QED) is 0.673. The van der Waals surface area contributed by atoms with E-state index in [-0.39, 0.29) is 51.3 Å². The molecule has 2 saturated heterocycles. The van der Waals surface area contributed by atoms with Crippen molar-refractivity contribution in [3.8, 4) is 0 Å². The number of carbonyl (C=O) groups excluding carboxylic acids is 2. The number of likely N-dealkylation sites (tertiary alicyclic amines) is 1. The Bertz CT molecular complexity index is 976. The summed E-state index contributed by atoms with van der Waals surface area (Å²) in [6.07, 6.45) is -1.01. The zero-order valence-corrected chi connectivity index (χ0v) is 15.9.